The molecular formula is C41H56N2O2. The van der Waals surface area contributed by atoms with Crippen LogP contribution in [0.4, 0.5) is 5.69 Å². The van der Waals surface area contributed by atoms with Crippen LogP contribution in [0.5, 0.6) is 0 Å². The first-order valence-corrected chi connectivity index (χ1v) is 17.6. The molecule has 0 atom stereocenters. The van der Waals surface area contributed by atoms with Crippen LogP contribution >= 0.6 is 0 Å². The summed E-state index contributed by atoms with van der Waals surface area (Å²) in [5, 5.41) is 1.11. The lowest BCUT2D eigenvalue weighted by atomic mass is 9.90. The first-order chi connectivity index (χ1) is 21.9. The van der Waals surface area contributed by atoms with Crippen molar-refractivity contribution in [1.29, 1.82) is 0 Å². The Balaban J connectivity index is 1.36. The second-order valence-electron chi connectivity index (χ2n) is 13.0. The van der Waals surface area contributed by atoms with Gasteiger partial charge in [-0.2, -0.15) is 0 Å². The second kappa shape index (κ2) is 17.8. The molecule has 4 heteroatoms. The minimum Gasteiger partial charge on any atom is -0.461 e. The molecule has 0 amide bonds. The van der Waals surface area contributed by atoms with Crippen LogP contribution in [0.1, 0.15) is 113 Å². The molecule has 0 saturated carbocycles. The predicted molar refractivity (Wildman–Crippen MR) is 193 cm³/mol. The van der Waals surface area contributed by atoms with E-state index in [0.29, 0.717) is 12.3 Å². The summed E-state index contributed by atoms with van der Waals surface area (Å²) >= 11 is 0. The van der Waals surface area contributed by atoms with Gasteiger partial charge in [0.1, 0.15) is 5.69 Å². The fourth-order valence-electron chi connectivity index (χ4n) is 6.65. The molecular weight excluding hydrogens is 552 g/mol. The number of carbonyl (C=O) groups is 1. The van der Waals surface area contributed by atoms with E-state index in [0.717, 1.165) is 57.2 Å². The molecule has 0 saturated heterocycles. The van der Waals surface area contributed by atoms with E-state index < -0.39 is 0 Å². The predicted octanol–water partition coefficient (Wildman–Crippen LogP) is 11.5. The highest BCUT2D eigenvalue weighted by Gasteiger charge is 2.24. The molecule has 1 aromatic heterocycles. The lowest BCUT2D eigenvalue weighted by Crippen LogP contribution is -2.12. The average molecular weight is 609 g/mol. The van der Waals surface area contributed by atoms with Gasteiger partial charge in [0.05, 0.1) is 6.61 Å². The molecule has 0 spiro atoms. The number of aryl methyl sites for hydroxylation is 2. The number of esters is 1. The molecule has 45 heavy (non-hydrogen) atoms. The Kier molecular flexibility index (Phi) is 13.6. The number of fused-ring (bicyclic) bond motifs is 1. The normalized spacial score (nSPS) is 11.3. The van der Waals surface area contributed by atoms with Crippen LogP contribution in [0.25, 0.3) is 33.2 Å². The molecule has 0 radical (unpaired) electrons. The Bertz CT molecular complexity index is 1470. The minimum absolute atomic E-state index is 0.226. The van der Waals surface area contributed by atoms with Crippen molar-refractivity contribution in [1.82, 2.24) is 4.57 Å². The van der Waals surface area contributed by atoms with Crippen LogP contribution in [0, 0.1) is 6.92 Å². The molecule has 4 nitrogen and oxygen atoms in total. The average Bonchev–Trinajstić information content (AvgIpc) is 3.31. The van der Waals surface area contributed by atoms with E-state index in [-0.39, 0.29) is 5.97 Å². The van der Waals surface area contributed by atoms with Gasteiger partial charge in [-0.15, -0.1) is 0 Å². The first kappa shape index (κ1) is 34.3. The Morgan fingerprint density at radius 1 is 0.689 bits per heavy atom. The van der Waals surface area contributed by atoms with Gasteiger partial charge in [-0.05, 0) is 59.4 Å². The van der Waals surface area contributed by atoms with Gasteiger partial charge in [0.2, 0.25) is 0 Å². The third kappa shape index (κ3) is 9.25. The van der Waals surface area contributed by atoms with Crippen molar-refractivity contribution < 1.29 is 9.53 Å². The number of unbranched alkanes of at least 4 members (excludes halogenated alkanes) is 13. The Hall–Kier alpha value is -3.53. The smallest absolute Gasteiger partial charge is 0.355 e. The lowest BCUT2D eigenvalue weighted by molar-refractivity contribution is 0.0486. The summed E-state index contributed by atoms with van der Waals surface area (Å²) in [6, 6.07) is 23.6. The Labute approximate surface area is 272 Å². The SMILES string of the molecule is CCCCCCCCCCCCCCCCOC(=O)c1c(C)c2c(-c3ccc(N(C)C)cc3)c(-c3ccccc3)ccc2n1C. The van der Waals surface area contributed by atoms with E-state index in [1.54, 1.807) is 0 Å². The Morgan fingerprint density at radius 3 is 1.80 bits per heavy atom. The summed E-state index contributed by atoms with van der Waals surface area (Å²) in [7, 11) is 6.10. The van der Waals surface area contributed by atoms with Crippen LogP contribution < -0.4 is 4.90 Å². The highest BCUT2D eigenvalue weighted by molar-refractivity contribution is 6.09. The Morgan fingerprint density at radius 2 is 1.24 bits per heavy atom. The van der Waals surface area contributed by atoms with Crippen molar-refractivity contribution in [2.45, 2.75) is 104 Å². The highest BCUT2D eigenvalue weighted by Crippen LogP contribution is 2.42. The van der Waals surface area contributed by atoms with Crippen LogP contribution in [-0.4, -0.2) is 31.2 Å². The quantitative estimate of drug-likeness (QED) is 0.0784. The molecule has 0 aliphatic carbocycles. The monoisotopic (exact) mass is 608 g/mol. The van der Waals surface area contributed by atoms with Gasteiger partial charge in [0, 0.05) is 37.7 Å². The van der Waals surface area contributed by atoms with E-state index >= 15 is 0 Å². The minimum atomic E-state index is -0.226. The van der Waals surface area contributed by atoms with E-state index in [1.165, 1.54) is 77.0 Å². The molecule has 0 aliphatic rings. The molecule has 0 fully saturated rings. The van der Waals surface area contributed by atoms with Crippen LogP contribution in [0.15, 0.2) is 66.7 Å². The van der Waals surface area contributed by atoms with Crippen molar-refractivity contribution >= 4 is 22.6 Å². The van der Waals surface area contributed by atoms with Gasteiger partial charge >= 0.3 is 5.97 Å². The number of aromatic nitrogens is 1. The maximum absolute atomic E-state index is 13.5. The molecule has 4 aromatic rings. The molecule has 0 bridgehead atoms. The number of hydrogen-bond donors (Lipinski definition) is 0. The van der Waals surface area contributed by atoms with Crippen molar-refractivity contribution in [2.24, 2.45) is 7.05 Å². The number of anilines is 1. The van der Waals surface area contributed by atoms with Gasteiger partial charge in [0.15, 0.2) is 0 Å². The molecule has 4 rings (SSSR count). The summed E-state index contributed by atoms with van der Waals surface area (Å²) in [4.78, 5) is 15.6. The maximum atomic E-state index is 13.5. The third-order valence-corrected chi connectivity index (χ3v) is 9.29. The molecule has 3 aromatic carbocycles. The number of carbonyl (C=O) groups excluding carboxylic acids is 1. The summed E-state index contributed by atoms with van der Waals surface area (Å²) in [5.74, 6) is -0.226. The van der Waals surface area contributed by atoms with Crippen LogP contribution in [-0.2, 0) is 11.8 Å². The number of rotatable bonds is 19. The van der Waals surface area contributed by atoms with E-state index in [1.807, 2.05) is 17.7 Å². The maximum Gasteiger partial charge on any atom is 0.355 e. The molecule has 0 aliphatic heterocycles. The molecule has 242 valence electrons. The standard InChI is InChI=1S/C41H56N2O2/c1-6-7-8-9-10-11-12-13-14-15-16-17-18-22-31-45-41(44)40-32(2)38-37(43(40)5)30-29-36(33-23-20-19-21-24-33)39(38)34-25-27-35(28-26-34)42(3)4/h19-21,23-30H,6-18,22,31H2,1-5H3. The zero-order valence-electron chi connectivity index (χ0n) is 28.7. The zero-order valence-corrected chi connectivity index (χ0v) is 28.7. The summed E-state index contributed by atoms with van der Waals surface area (Å²) in [6.07, 6.45) is 18.4. The van der Waals surface area contributed by atoms with Gasteiger partial charge in [-0.3, -0.25) is 0 Å². The van der Waals surface area contributed by atoms with Crippen molar-refractivity contribution in [2.75, 3.05) is 25.6 Å². The van der Waals surface area contributed by atoms with E-state index in [9.17, 15) is 4.79 Å². The van der Waals surface area contributed by atoms with Crippen molar-refractivity contribution in [3.63, 3.8) is 0 Å². The molecule has 1 heterocycles. The highest BCUT2D eigenvalue weighted by atomic mass is 16.5. The van der Waals surface area contributed by atoms with E-state index in [4.69, 9.17) is 4.74 Å². The fraction of sp³-hybridized carbons (Fsp3) is 0.488. The number of nitrogens with zero attached hydrogens (tertiary/aromatic N) is 2. The van der Waals surface area contributed by atoms with E-state index in [2.05, 4.69) is 93.5 Å². The van der Waals surface area contributed by atoms with Crippen molar-refractivity contribution in [3.05, 3.63) is 78.0 Å². The number of benzene rings is 3. The summed E-state index contributed by atoms with van der Waals surface area (Å²) < 4.78 is 7.88. The van der Waals surface area contributed by atoms with Crippen molar-refractivity contribution in [3.8, 4) is 22.3 Å². The molecule has 0 N–H and O–H groups in total. The van der Waals surface area contributed by atoms with Crippen LogP contribution in [0.3, 0.4) is 0 Å². The topological polar surface area (TPSA) is 34.5 Å². The second-order valence-corrected chi connectivity index (χ2v) is 13.0. The van der Waals surface area contributed by atoms with Gasteiger partial charge in [-0.25, -0.2) is 4.79 Å². The largest absolute Gasteiger partial charge is 0.461 e. The lowest BCUT2D eigenvalue weighted by Gasteiger charge is -2.16. The third-order valence-electron chi connectivity index (χ3n) is 9.29. The van der Waals surface area contributed by atoms with Gasteiger partial charge in [0.25, 0.3) is 0 Å². The molecule has 0 unspecified atom stereocenters. The zero-order chi connectivity index (χ0) is 32.0. The number of hydrogen-bond acceptors (Lipinski definition) is 3. The summed E-state index contributed by atoms with van der Waals surface area (Å²) in [5.41, 5.74) is 8.44. The fourth-order valence-corrected chi connectivity index (χ4v) is 6.65. The number of ether oxygens (including phenoxy) is 1. The first-order valence-electron chi connectivity index (χ1n) is 17.6. The van der Waals surface area contributed by atoms with Gasteiger partial charge in [-0.1, -0.05) is 139 Å². The van der Waals surface area contributed by atoms with Gasteiger partial charge < -0.3 is 14.2 Å². The van der Waals surface area contributed by atoms with Crippen LogP contribution in [0.2, 0.25) is 0 Å². The summed E-state index contributed by atoms with van der Waals surface area (Å²) in [6.45, 7) is 4.83.